The van der Waals surface area contributed by atoms with Crippen LogP contribution in [0.15, 0.2) is 41.9 Å². The van der Waals surface area contributed by atoms with Gasteiger partial charge in [-0.2, -0.15) is 4.31 Å². The smallest absolute Gasteiger partial charge is 0.262 e. The Morgan fingerprint density at radius 1 is 1.12 bits per heavy atom. The molecule has 25 heavy (non-hydrogen) atoms. The summed E-state index contributed by atoms with van der Waals surface area (Å²) in [5.74, 6) is 0.979. The molecule has 2 fully saturated rings. The molecule has 2 aliphatic heterocycles. The van der Waals surface area contributed by atoms with Crippen molar-refractivity contribution in [1.82, 2.24) is 18.8 Å². The number of pyridine rings is 1. The maximum absolute atomic E-state index is 12.8. The first-order valence-corrected chi connectivity index (χ1v) is 10.1. The molecule has 0 aromatic carbocycles. The normalized spacial score (nSPS) is 24.9. The van der Waals surface area contributed by atoms with Crippen molar-refractivity contribution in [2.45, 2.75) is 24.3 Å². The summed E-state index contributed by atoms with van der Waals surface area (Å²) in [7, 11) is -1.73. The fourth-order valence-electron chi connectivity index (χ4n) is 4.03. The number of anilines is 1. The number of piperidine rings is 1. The van der Waals surface area contributed by atoms with Gasteiger partial charge >= 0.3 is 0 Å². The molecule has 8 heteroatoms. The molecule has 134 valence electrons. The van der Waals surface area contributed by atoms with Crippen molar-refractivity contribution in [3.8, 4) is 0 Å². The van der Waals surface area contributed by atoms with Gasteiger partial charge < -0.3 is 9.47 Å². The van der Waals surface area contributed by atoms with Crippen molar-refractivity contribution < 1.29 is 8.42 Å². The predicted molar refractivity (Wildman–Crippen MR) is 94.7 cm³/mol. The summed E-state index contributed by atoms with van der Waals surface area (Å²) in [5, 5.41) is 0.143. The topological polar surface area (TPSA) is 71.3 Å². The van der Waals surface area contributed by atoms with Gasteiger partial charge in [0, 0.05) is 51.0 Å². The van der Waals surface area contributed by atoms with Gasteiger partial charge in [0.15, 0.2) is 5.03 Å². The molecular formula is C17H23N5O2S. The molecule has 2 aliphatic rings. The Morgan fingerprint density at radius 3 is 2.72 bits per heavy atom. The lowest BCUT2D eigenvalue weighted by molar-refractivity contribution is 0.246. The number of imidazole rings is 1. The lowest BCUT2D eigenvalue weighted by atomic mass is 9.79. The molecule has 0 bridgehead atoms. The fourth-order valence-corrected chi connectivity index (χ4v) is 5.55. The predicted octanol–water partition coefficient (Wildman–Crippen LogP) is 1.50. The van der Waals surface area contributed by atoms with E-state index in [0.717, 1.165) is 38.2 Å². The average Bonchev–Trinajstić information content (AvgIpc) is 3.23. The van der Waals surface area contributed by atoms with Crippen molar-refractivity contribution >= 4 is 15.8 Å². The van der Waals surface area contributed by atoms with Crippen LogP contribution in [-0.2, 0) is 17.1 Å². The Labute approximate surface area is 148 Å². The van der Waals surface area contributed by atoms with E-state index in [1.165, 1.54) is 6.33 Å². The minimum atomic E-state index is -3.51. The number of hydrogen-bond acceptors (Lipinski definition) is 5. The van der Waals surface area contributed by atoms with Crippen LogP contribution in [0.1, 0.15) is 19.3 Å². The molecule has 0 amide bonds. The van der Waals surface area contributed by atoms with Gasteiger partial charge in [-0.25, -0.2) is 18.4 Å². The summed E-state index contributed by atoms with van der Waals surface area (Å²) in [4.78, 5) is 10.8. The standard InChI is InChI=1S/C17H23N5O2S/c1-20-11-16(19-14-20)25(23,24)22-10-7-17(13-22)6-4-9-21(12-17)15-5-2-3-8-18-15/h2-3,5,8,11,14H,4,6-7,9-10,12-13H2,1H3. The zero-order valence-electron chi connectivity index (χ0n) is 14.4. The Hall–Kier alpha value is -1.93. The number of nitrogens with zero attached hydrogens (tertiary/aromatic N) is 5. The Morgan fingerprint density at radius 2 is 2.00 bits per heavy atom. The van der Waals surface area contributed by atoms with E-state index in [2.05, 4.69) is 14.9 Å². The van der Waals surface area contributed by atoms with Gasteiger partial charge in [-0.15, -0.1) is 0 Å². The second-order valence-electron chi connectivity index (χ2n) is 7.18. The average molecular weight is 361 g/mol. The van der Waals surface area contributed by atoms with E-state index >= 15 is 0 Å². The Kier molecular flexibility index (Phi) is 4.04. The highest BCUT2D eigenvalue weighted by atomic mass is 32.2. The van der Waals surface area contributed by atoms with E-state index in [9.17, 15) is 8.42 Å². The van der Waals surface area contributed by atoms with E-state index in [-0.39, 0.29) is 10.4 Å². The van der Waals surface area contributed by atoms with E-state index in [1.54, 1.807) is 22.1 Å². The van der Waals surface area contributed by atoms with E-state index in [4.69, 9.17) is 0 Å². The largest absolute Gasteiger partial charge is 0.356 e. The summed E-state index contributed by atoms with van der Waals surface area (Å²) in [6.45, 7) is 2.97. The molecule has 4 heterocycles. The first-order chi connectivity index (χ1) is 12.0. The molecule has 0 N–H and O–H groups in total. The number of aryl methyl sites for hydroxylation is 1. The first kappa shape index (κ1) is 16.5. The third kappa shape index (κ3) is 3.04. The molecule has 7 nitrogen and oxygen atoms in total. The summed E-state index contributed by atoms with van der Waals surface area (Å²) < 4.78 is 29.0. The number of rotatable bonds is 3. The highest BCUT2D eigenvalue weighted by molar-refractivity contribution is 7.89. The number of sulfonamides is 1. The highest BCUT2D eigenvalue weighted by Gasteiger charge is 2.45. The molecule has 4 rings (SSSR count). The summed E-state index contributed by atoms with van der Waals surface area (Å²) in [6.07, 6.45) is 7.92. The van der Waals surface area contributed by atoms with Gasteiger partial charge in [-0.1, -0.05) is 6.07 Å². The van der Waals surface area contributed by atoms with Crippen LogP contribution >= 0.6 is 0 Å². The highest BCUT2D eigenvalue weighted by Crippen LogP contribution is 2.41. The molecule has 1 spiro atoms. The molecule has 0 saturated carbocycles. The first-order valence-electron chi connectivity index (χ1n) is 8.63. The lowest BCUT2D eigenvalue weighted by Gasteiger charge is -2.41. The Bertz CT molecular complexity index is 851. The van der Waals surface area contributed by atoms with Crippen LogP contribution in [0.2, 0.25) is 0 Å². The van der Waals surface area contributed by atoms with Crippen molar-refractivity contribution in [1.29, 1.82) is 0 Å². The third-order valence-electron chi connectivity index (χ3n) is 5.32. The van der Waals surface area contributed by atoms with Gasteiger partial charge in [-0.05, 0) is 31.4 Å². The SMILES string of the molecule is Cn1cnc(S(=O)(=O)N2CCC3(CCCN(c4ccccn4)C3)C2)c1. The van der Waals surface area contributed by atoms with Gasteiger partial charge in [0.2, 0.25) is 0 Å². The van der Waals surface area contributed by atoms with Crippen molar-refractivity contribution in [3.05, 3.63) is 36.9 Å². The zero-order valence-corrected chi connectivity index (χ0v) is 15.2. The molecule has 1 atom stereocenters. The number of aromatic nitrogens is 3. The lowest BCUT2D eigenvalue weighted by Crippen LogP contribution is -2.45. The van der Waals surface area contributed by atoms with Gasteiger partial charge in [0.1, 0.15) is 5.82 Å². The number of hydrogen-bond donors (Lipinski definition) is 0. The van der Waals surface area contributed by atoms with Crippen molar-refractivity contribution in [3.63, 3.8) is 0 Å². The van der Waals surface area contributed by atoms with Crippen LogP contribution in [0.3, 0.4) is 0 Å². The molecule has 1 unspecified atom stereocenters. The molecule has 0 radical (unpaired) electrons. The second-order valence-corrected chi connectivity index (χ2v) is 9.06. The van der Waals surface area contributed by atoms with Crippen LogP contribution in [0.25, 0.3) is 0 Å². The molecule has 2 saturated heterocycles. The second kappa shape index (κ2) is 6.10. The van der Waals surface area contributed by atoms with Crippen LogP contribution in [0, 0.1) is 5.41 Å². The molecule has 2 aromatic rings. The van der Waals surface area contributed by atoms with Crippen LogP contribution < -0.4 is 4.90 Å². The molecule has 0 aliphatic carbocycles. The van der Waals surface area contributed by atoms with Crippen molar-refractivity contribution in [2.75, 3.05) is 31.1 Å². The maximum Gasteiger partial charge on any atom is 0.262 e. The van der Waals surface area contributed by atoms with Crippen LogP contribution in [0.4, 0.5) is 5.82 Å². The maximum atomic E-state index is 12.8. The Balaban J connectivity index is 1.53. The molecule has 2 aromatic heterocycles. The fraction of sp³-hybridized carbons (Fsp3) is 0.529. The van der Waals surface area contributed by atoms with Gasteiger partial charge in [0.25, 0.3) is 10.0 Å². The van der Waals surface area contributed by atoms with E-state index in [1.807, 2.05) is 24.4 Å². The van der Waals surface area contributed by atoms with Crippen molar-refractivity contribution in [2.24, 2.45) is 12.5 Å². The zero-order chi connectivity index (χ0) is 17.5. The minimum Gasteiger partial charge on any atom is -0.356 e. The quantitative estimate of drug-likeness (QED) is 0.828. The summed E-state index contributed by atoms with van der Waals surface area (Å²) in [6, 6.07) is 5.94. The summed E-state index contributed by atoms with van der Waals surface area (Å²) >= 11 is 0. The van der Waals surface area contributed by atoms with E-state index < -0.39 is 10.0 Å². The summed E-state index contributed by atoms with van der Waals surface area (Å²) in [5.41, 5.74) is 0.0115. The van der Waals surface area contributed by atoms with Crippen LogP contribution in [-0.4, -0.2) is 53.4 Å². The monoisotopic (exact) mass is 361 g/mol. The van der Waals surface area contributed by atoms with E-state index in [0.29, 0.717) is 13.1 Å². The minimum absolute atomic E-state index is 0.0115. The van der Waals surface area contributed by atoms with Crippen LogP contribution in [0.5, 0.6) is 0 Å². The van der Waals surface area contributed by atoms with Gasteiger partial charge in [-0.3, -0.25) is 0 Å². The third-order valence-corrected chi connectivity index (χ3v) is 7.05. The molecular weight excluding hydrogens is 338 g/mol. The van der Waals surface area contributed by atoms with Gasteiger partial charge in [0.05, 0.1) is 6.33 Å².